The number of furan rings is 1. The van der Waals surface area contributed by atoms with Gasteiger partial charge in [-0.2, -0.15) is 0 Å². The van der Waals surface area contributed by atoms with E-state index < -0.39 is 11.2 Å². The van der Waals surface area contributed by atoms with Crippen LogP contribution in [0.4, 0.5) is 0 Å². The van der Waals surface area contributed by atoms with Gasteiger partial charge in [0.2, 0.25) is 5.91 Å². The maximum absolute atomic E-state index is 12.4. The number of amides is 1. The summed E-state index contributed by atoms with van der Waals surface area (Å²) in [6, 6.07) is 10.7. The fraction of sp³-hybridized carbons (Fsp3) is 0.278. The number of fused-ring (bicyclic) bond motifs is 1. The van der Waals surface area contributed by atoms with Gasteiger partial charge >= 0.3 is 5.69 Å². The largest absolute Gasteiger partial charge is 0.459 e. The van der Waals surface area contributed by atoms with E-state index in [4.69, 9.17) is 4.42 Å². The summed E-state index contributed by atoms with van der Waals surface area (Å²) in [5.41, 5.74) is -0.302. The molecule has 0 aliphatic heterocycles. The number of nitrogens with one attached hydrogen (secondary N) is 2. The summed E-state index contributed by atoms with van der Waals surface area (Å²) in [5, 5.41) is 3.96. The van der Waals surface area contributed by atoms with E-state index in [1.807, 2.05) is 30.3 Å². The molecule has 128 valence electrons. The predicted molar refractivity (Wildman–Crippen MR) is 91.1 cm³/mol. The normalized spacial score (nSPS) is 15.2. The standard InChI is InChI=1S/C18H17N3O4/c22-15-7-8-21(18(24)20-15)10-16(23)19-17(11-5-6-11)14-9-12-3-1-2-4-13(12)25-14/h1-4,7-9,11,17H,5-6,10H2,(H,19,23)(H,20,22,24)/t17-/m0/s1. The summed E-state index contributed by atoms with van der Waals surface area (Å²) in [7, 11) is 0. The first-order valence-electron chi connectivity index (χ1n) is 8.18. The van der Waals surface area contributed by atoms with E-state index in [1.54, 1.807) is 0 Å². The Hall–Kier alpha value is -3.09. The number of hydrogen-bond donors (Lipinski definition) is 2. The molecule has 0 spiro atoms. The zero-order valence-corrected chi connectivity index (χ0v) is 13.4. The first-order chi connectivity index (χ1) is 12.1. The van der Waals surface area contributed by atoms with Crippen LogP contribution in [0.2, 0.25) is 0 Å². The van der Waals surface area contributed by atoms with Gasteiger partial charge in [0, 0.05) is 17.6 Å². The third-order valence-electron chi connectivity index (χ3n) is 4.37. The molecule has 2 N–H and O–H groups in total. The van der Waals surface area contributed by atoms with E-state index in [0.717, 1.165) is 29.6 Å². The molecule has 0 unspecified atom stereocenters. The molecular formula is C18H17N3O4. The zero-order valence-electron chi connectivity index (χ0n) is 13.4. The van der Waals surface area contributed by atoms with E-state index in [1.165, 1.54) is 16.8 Å². The number of aromatic amines is 1. The zero-order chi connectivity index (χ0) is 17.4. The average Bonchev–Trinajstić information content (AvgIpc) is 3.33. The number of carbonyl (C=O) groups excluding carboxylic acids is 1. The van der Waals surface area contributed by atoms with E-state index in [9.17, 15) is 14.4 Å². The van der Waals surface area contributed by atoms with Gasteiger partial charge in [-0.3, -0.25) is 19.1 Å². The molecule has 2 heterocycles. The highest BCUT2D eigenvalue weighted by Gasteiger charge is 2.35. The number of para-hydroxylation sites is 1. The molecule has 0 saturated heterocycles. The number of carbonyl (C=O) groups is 1. The minimum Gasteiger partial charge on any atom is -0.459 e. The SMILES string of the molecule is O=C(Cn1ccc(=O)[nH]c1=O)N[C@H](c1cc2ccccc2o1)C1CC1. The Morgan fingerprint density at radius 2 is 2.08 bits per heavy atom. The number of hydrogen-bond acceptors (Lipinski definition) is 4. The first-order valence-corrected chi connectivity index (χ1v) is 8.18. The molecule has 1 aliphatic rings. The molecule has 1 atom stereocenters. The van der Waals surface area contributed by atoms with Crippen molar-refractivity contribution < 1.29 is 9.21 Å². The van der Waals surface area contributed by atoms with Crippen molar-refractivity contribution in [1.82, 2.24) is 14.9 Å². The topological polar surface area (TPSA) is 97.1 Å². The van der Waals surface area contributed by atoms with Crippen molar-refractivity contribution in [2.24, 2.45) is 5.92 Å². The van der Waals surface area contributed by atoms with Gasteiger partial charge in [0.05, 0.1) is 6.04 Å². The van der Waals surface area contributed by atoms with Gasteiger partial charge in [0.15, 0.2) is 0 Å². The number of aromatic nitrogens is 2. The van der Waals surface area contributed by atoms with Gasteiger partial charge in [0.25, 0.3) is 5.56 Å². The second-order valence-electron chi connectivity index (χ2n) is 6.31. The summed E-state index contributed by atoms with van der Waals surface area (Å²) in [5.74, 6) is 0.772. The van der Waals surface area contributed by atoms with Gasteiger partial charge in [0.1, 0.15) is 17.9 Å². The molecule has 1 fully saturated rings. The lowest BCUT2D eigenvalue weighted by Crippen LogP contribution is -2.37. The number of nitrogens with zero attached hydrogens (tertiary/aromatic N) is 1. The van der Waals surface area contributed by atoms with Crippen LogP contribution in [-0.4, -0.2) is 15.5 Å². The van der Waals surface area contributed by atoms with Crippen LogP contribution in [0.25, 0.3) is 11.0 Å². The molecule has 1 saturated carbocycles. The smallest absolute Gasteiger partial charge is 0.328 e. The Balaban J connectivity index is 1.54. The maximum Gasteiger partial charge on any atom is 0.328 e. The Morgan fingerprint density at radius 3 is 2.80 bits per heavy atom. The summed E-state index contributed by atoms with van der Waals surface area (Å²) in [6.07, 6.45) is 3.37. The van der Waals surface area contributed by atoms with Gasteiger partial charge in [-0.05, 0) is 30.9 Å². The van der Waals surface area contributed by atoms with Crippen molar-refractivity contribution in [3.8, 4) is 0 Å². The molecule has 0 radical (unpaired) electrons. The lowest BCUT2D eigenvalue weighted by molar-refractivity contribution is -0.122. The van der Waals surface area contributed by atoms with Crippen molar-refractivity contribution in [2.75, 3.05) is 0 Å². The second kappa shape index (κ2) is 6.08. The van der Waals surface area contributed by atoms with E-state index in [-0.39, 0.29) is 18.5 Å². The van der Waals surface area contributed by atoms with E-state index in [0.29, 0.717) is 5.92 Å². The second-order valence-corrected chi connectivity index (χ2v) is 6.31. The van der Waals surface area contributed by atoms with Crippen LogP contribution in [0.15, 0.2) is 56.6 Å². The molecule has 7 heteroatoms. The molecular weight excluding hydrogens is 322 g/mol. The van der Waals surface area contributed by atoms with Crippen LogP contribution in [0.3, 0.4) is 0 Å². The first kappa shape index (κ1) is 15.4. The van der Waals surface area contributed by atoms with Crippen LogP contribution in [0, 0.1) is 5.92 Å². The average molecular weight is 339 g/mol. The van der Waals surface area contributed by atoms with Gasteiger partial charge in [-0.25, -0.2) is 4.79 Å². The Kier molecular flexibility index (Phi) is 3.76. The Bertz CT molecular complexity index is 1010. The predicted octanol–water partition coefficient (Wildman–Crippen LogP) is 1.55. The molecule has 3 aromatic rings. The molecule has 1 amide bonds. The molecule has 7 nitrogen and oxygen atoms in total. The highest BCUT2D eigenvalue weighted by Crippen LogP contribution is 2.42. The van der Waals surface area contributed by atoms with E-state index in [2.05, 4.69) is 10.3 Å². The summed E-state index contributed by atoms with van der Waals surface area (Å²) >= 11 is 0. The van der Waals surface area contributed by atoms with Crippen LogP contribution < -0.4 is 16.6 Å². The third-order valence-corrected chi connectivity index (χ3v) is 4.37. The summed E-state index contributed by atoms with van der Waals surface area (Å²) in [4.78, 5) is 37.3. The molecule has 0 bridgehead atoms. The van der Waals surface area contributed by atoms with Gasteiger partial charge < -0.3 is 9.73 Å². The number of H-pyrrole nitrogens is 1. The third kappa shape index (κ3) is 3.26. The fourth-order valence-corrected chi connectivity index (χ4v) is 2.95. The van der Waals surface area contributed by atoms with Crippen LogP contribution in [-0.2, 0) is 11.3 Å². The quantitative estimate of drug-likeness (QED) is 0.737. The summed E-state index contributed by atoms with van der Waals surface area (Å²) < 4.78 is 7.06. The highest BCUT2D eigenvalue weighted by atomic mass is 16.3. The van der Waals surface area contributed by atoms with Crippen LogP contribution >= 0.6 is 0 Å². The Morgan fingerprint density at radius 1 is 1.28 bits per heavy atom. The minimum atomic E-state index is -0.602. The summed E-state index contributed by atoms with van der Waals surface area (Å²) in [6.45, 7) is -0.154. The molecule has 1 aromatic carbocycles. The highest BCUT2D eigenvalue weighted by molar-refractivity contribution is 5.79. The van der Waals surface area contributed by atoms with Gasteiger partial charge in [-0.1, -0.05) is 18.2 Å². The molecule has 2 aromatic heterocycles. The molecule has 4 rings (SSSR count). The monoisotopic (exact) mass is 339 g/mol. The molecule has 1 aliphatic carbocycles. The lowest BCUT2D eigenvalue weighted by atomic mass is 10.1. The van der Waals surface area contributed by atoms with Crippen LogP contribution in [0.1, 0.15) is 24.6 Å². The van der Waals surface area contributed by atoms with Crippen molar-refractivity contribution in [2.45, 2.75) is 25.4 Å². The Labute approximate surface area is 142 Å². The maximum atomic E-state index is 12.4. The minimum absolute atomic E-state index is 0.154. The van der Waals surface area contributed by atoms with E-state index >= 15 is 0 Å². The number of benzene rings is 1. The number of rotatable bonds is 5. The van der Waals surface area contributed by atoms with Crippen LogP contribution in [0.5, 0.6) is 0 Å². The fourth-order valence-electron chi connectivity index (χ4n) is 2.95. The van der Waals surface area contributed by atoms with Crippen molar-refractivity contribution in [3.05, 3.63) is 69.2 Å². The van der Waals surface area contributed by atoms with Crippen molar-refractivity contribution in [3.63, 3.8) is 0 Å². The van der Waals surface area contributed by atoms with Gasteiger partial charge in [-0.15, -0.1) is 0 Å². The van der Waals surface area contributed by atoms with Crippen molar-refractivity contribution >= 4 is 16.9 Å². The van der Waals surface area contributed by atoms with Crippen molar-refractivity contribution in [1.29, 1.82) is 0 Å². The lowest BCUT2D eigenvalue weighted by Gasteiger charge is -2.16. The molecule has 25 heavy (non-hydrogen) atoms.